The number of benzene rings is 6. The van der Waals surface area contributed by atoms with Crippen molar-refractivity contribution in [1.29, 1.82) is 0 Å². The van der Waals surface area contributed by atoms with Gasteiger partial charge in [0.25, 0.3) is 0 Å². The zero-order chi connectivity index (χ0) is 33.5. The molecule has 11 rings (SSSR count). The van der Waals surface area contributed by atoms with E-state index in [0.717, 1.165) is 24.3 Å². The van der Waals surface area contributed by atoms with E-state index in [1.165, 1.54) is 115 Å². The van der Waals surface area contributed by atoms with Crippen LogP contribution in [0.1, 0.15) is 38.5 Å². The summed E-state index contributed by atoms with van der Waals surface area (Å²) in [5.74, 6) is 2.66. The second-order valence-corrected chi connectivity index (χ2v) is 15.2. The first-order valence-corrected chi connectivity index (χ1v) is 19.0. The molecule has 3 heterocycles. The fraction of sp³-hybridized carbons (Fsp3) is 0.208. The zero-order valence-corrected chi connectivity index (χ0v) is 28.9. The molecule has 2 aliphatic carbocycles. The molecule has 9 aromatic rings. The molecular formula is C48H41N3. The molecule has 51 heavy (non-hydrogen) atoms. The summed E-state index contributed by atoms with van der Waals surface area (Å²) in [6.45, 7) is 1.04. The van der Waals surface area contributed by atoms with Crippen LogP contribution in [0.3, 0.4) is 0 Å². The maximum absolute atomic E-state index is 2.61. The predicted molar refractivity (Wildman–Crippen MR) is 215 cm³/mol. The summed E-state index contributed by atoms with van der Waals surface area (Å²) in [6.07, 6.45) is 13.1. The minimum absolute atomic E-state index is 0.861. The van der Waals surface area contributed by atoms with E-state index in [2.05, 4.69) is 159 Å². The molecule has 0 aliphatic heterocycles. The summed E-state index contributed by atoms with van der Waals surface area (Å²) in [4.78, 5) is 0. The van der Waals surface area contributed by atoms with Crippen molar-refractivity contribution in [3.63, 3.8) is 0 Å². The predicted octanol–water partition coefficient (Wildman–Crippen LogP) is 12.8. The Labute approximate surface area is 298 Å². The van der Waals surface area contributed by atoms with Gasteiger partial charge in [-0.25, -0.2) is 0 Å². The Bertz CT molecular complexity index is 2540. The lowest BCUT2D eigenvalue weighted by molar-refractivity contribution is 0.393. The lowest BCUT2D eigenvalue weighted by atomic mass is 9.89. The molecule has 1 saturated carbocycles. The van der Waals surface area contributed by atoms with Gasteiger partial charge >= 0.3 is 0 Å². The number of allylic oxidation sites excluding steroid dienone is 2. The third-order valence-electron chi connectivity index (χ3n) is 12.4. The summed E-state index contributed by atoms with van der Waals surface area (Å²) in [6, 6.07) is 49.7. The van der Waals surface area contributed by atoms with E-state index < -0.39 is 0 Å². The minimum atomic E-state index is 0.861. The van der Waals surface area contributed by atoms with Crippen molar-refractivity contribution in [2.75, 3.05) is 0 Å². The van der Waals surface area contributed by atoms with Gasteiger partial charge in [-0.1, -0.05) is 97.8 Å². The SMILES string of the molecule is C1=C[C@H]2C[C@@H]1C[C@H]2CCCCCn1c2ccc(-n3c4ccccc4c4ccccc43)cc2c2cc(-n3c4ccccc4c4ccccc43)ccc21. The van der Waals surface area contributed by atoms with E-state index in [1.807, 2.05) is 0 Å². The first-order chi connectivity index (χ1) is 25.3. The van der Waals surface area contributed by atoms with Crippen LogP contribution < -0.4 is 0 Å². The van der Waals surface area contributed by atoms with Gasteiger partial charge < -0.3 is 13.7 Å². The Balaban J connectivity index is 1.05. The first kappa shape index (κ1) is 29.2. The van der Waals surface area contributed by atoms with Crippen molar-refractivity contribution in [3.8, 4) is 11.4 Å². The Morgan fingerprint density at radius 3 is 1.37 bits per heavy atom. The summed E-state index contributed by atoms with van der Waals surface area (Å²) in [7, 11) is 0. The standard InChI is InChI=1S/C48H41N3/c1(2-12-33-28-32-21-22-34(33)29-32)11-27-49-43-25-23-35(50-45-17-7-3-13-37(45)38-14-4-8-18-46(38)50)30-41(43)42-31-36(24-26-44(42)49)51-47-19-9-5-15-39(47)40-16-6-10-20-48(40)51/h3-10,13-26,30-34H,1-2,11-12,27-29H2/t32-,33+,34-/m0/s1. The number of para-hydroxylation sites is 4. The number of unbranched alkanes of at least 4 members (excludes halogenated alkanes) is 2. The summed E-state index contributed by atoms with van der Waals surface area (Å²) in [5.41, 5.74) is 10.1. The minimum Gasteiger partial charge on any atom is -0.340 e. The lowest BCUT2D eigenvalue weighted by Gasteiger charge is -2.17. The van der Waals surface area contributed by atoms with Gasteiger partial charge in [-0.05, 0) is 104 Å². The van der Waals surface area contributed by atoms with Crippen LogP contribution in [0.25, 0.3) is 76.8 Å². The van der Waals surface area contributed by atoms with Crippen molar-refractivity contribution in [1.82, 2.24) is 13.7 Å². The number of rotatable bonds is 8. The monoisotopic (exact) mass is 659 g/mol. The topological polar surface area (TPSA) is 14.8 Å². The third-order valence-corrected chi connectivity index (χ3v) is 12.4. The van der Waals surface area contributed by atoms with Crippen molar-refractivity contribution in [2.45, 2.75) is 45.1 Å². The molecule has 2 aliphatic rings. The molecule has 3 heteroatoms. The zero-order valence-electron chi connectivity index (χ0n) is 28.9. The average Bonchev–Trinajstić information content (AvgIpc) is 4.00. The number of nitrogens with zero attached hydrogens (tertiary/aromatic N) is 3. The van der Waals surface area contributed by atoms with Gasteiger partial charge in [0.1, 0.15) is 0 Å². The molecule has 0 unspecified atom stereocenters. The van der Waals surface area contributed by atoms with E-state index >= 15 is 0 Å². The second-order valence-electron chi connectivity index (χ2n) is 15.2. The fourth-order valence-corrected chi connectivity index (χ4v) is 10.1. The average molecular weight is 660 g/mol. The number of aromatic nitrogens is 3. The van der Waals surface area contributed by atoms with Crippen LogP contribution in [-0.4, -0.2) is 13.7 Å². The summed E-state index contributed by atoms with van der Waals surface area (Å²) >= 11 is 0. The first-order valence-electron chi connectivity index (χ1n) is 19.0. The van der Waals surface area contributed by atoms with Gasteiger partial charge in [-0.15, -0.1) is 0 Å². The van der Waals surface area contributed by atoms with Crippen molar-refractivity contribution < 1.29 is 0 Å². The Kier molecular flexibility index (Phi) is 6.59. The maximum atomic E-state index is 2.61. The quantitative estimate of drug-likeness (QED) is 0.114. The van der Waals surface area contributed by atoms with Crippen LogP contribution in [-0.2, 0) is 6.54 Å². The van der Waals surface area contributed by atoms with Crippen LogP contribution >= 0.6 is 0 Å². The molecule has 0 spiro atoms. The largest absolute Gasteiger partial charge is 0.340 e. The van der Waals surface area contributed by atoms with E-state index in [1.54, 1.807) is 0 Å². The molecule has 0 amide bonds. The maximum Gasteiger partial charge on any atom is 0.0541 e. The smallest absolute Gasteiger partial charge is 0.0541 e. The molecular weight excluding hydrogens is 619 g/mol. The molecule has 0 saturated heterocycles. The van der Waals surface area contributed by atoms with Crippen LogP contribution in [0.4, 0.5) is 0 Å². The van der Waals surface area contributed by atoms with Gasteiger partial charge in [0.05, 0.1) is 22.1 Å². The highest BCUT2D eigenvalue weighted by Crippen LogP contribution is 2.45. The Morgan fingerprint density at radius 2 is 0.922 bits per heavy atom. The van der Waals surface area contributed by atoms with Crippen molar-refractivity contribution >= 4 is 65.4 Å². The van der Waals surface area contributed by atoms with Crippen LogP contribution in [0.2, 0.25) is 0 Å². The Morgan fingerprint density at radius 1 is 0.431 bits per heavy atom. The van der Waals surface area contributed by atoms with E-state index in [-0.39, 0.29) is 0 Å². The fourth-order valence-electron chi connectivity index (χ4n) is 10.1. The van der Waals surface area contributed by atoms with E-state index in [0.29, 0.717) is 0 Å². The number of fused-ring (bicyclic) bond motifs is 11. The second kappa shape index (κ2) is 11.5. The van der Waals surface area contributed by atoms with Gasteiger partial charge in [-0.2, -0.15) is 0 Å². The Hall–Kier alpha value is -5.54. The van der Waals surface area contributed by atoms with Crippen LogP contribution in [0.15, 0.2) is 146 Å². The number of hydrogen-bond acceptors (Lipinski definition) is 0. The van der Waals surface area contributed by atoms with Crippen LogP contribution in [0, 0.1) is 17.8 Å². The van der Waals surface area contributed by atoms with Crippen LogP contribution in [0.5, 0.6) is 0 Å². The van der Waals surface area contributed by atoms with Gasteiger partial charge in [0.15, 0.2) is 0 Å². The molecule has 3 atom stereocenters. The summed E-state index contributed by atoms with van der Waals surface area (Å²) < 4.78 is 7.51. The summed E-state index contributed by atoms with van der Waals surface area (Å²) in [5, 5.41) is 7.83. The van der Waals surface area contributed by atoms with E-state index in [4.69, 9.17) is 0 Å². The molecule has 0 radical (unpaired) electrons. The molecule has 2 bridgehead atoms. The third kappa shape index (κ3) is 4.50. The highest BCUT2D eigenvalue weighted by Gasteiger charge is 2.34. The van der Waals surface area contributed by atoms with E-state index in [9.17, 15) is 0 Å². The molecule has 0 N–H and O–H groups in total. The number of hydrogen-bond donors (Lipinski definition) is 0. The highest BCUT2D eigenvalue weighted by atomic mass is 15.0. The van der Waals surface area contributed by atoms with Crippen molar-refractivity contribution in [2.24, 2.45) is 17.8 Å². The molecule has 3 nitrogen and oxygen atoms in total. The van der Waals surface area contributed by atoms with Crippen molar-refractivity contribution in [3.05, 3.63) is 146 Å². The lowest BCUT2D eigenvalue weighted by Crippen LogP contribution is -2.06. The normalized spacial score (nSPS) is 18.5. The number of aryl methyl sites for hydroxylation is 1. The van der Waals surface area contributed by atoms with Gasteiger partial charge in [0, 0.05) is 61.3 Å². The molecule has 248 valence electrons. The highest BCUT2D eigenvalue weighted by molar-refractivity contribution is 6.13. The molecule has 6 aromatic carbocycles. The van der Waals surface area contributed by atoms with Gasteiger partial charge in [-0.3, -0.25) is 0 Å². The van der Waals surface area contributed by atoms with Gasteiger partial charge in [0.2, 0.25) is 0 Å². The molecule has 3 aromatic heterocycles. The molecule has 1 fully saturated rings.